The minimum atomic E-state index is -0.987. The zero-order chi connectivity index (χ0) is 20.5. The lowest BCUT2D eigenvalue weighted by Gasteiger charge is -2.25. The largest absolute Gasteiger partial charge is 0.506 e. The van der Waals surface area contributed by atoms with Gasteiger partial charge in [-0.3, -0.25) is 9.59 Å². The van der Waals surface area contributed by atoms with Crippen molar-refractivity contribution in [2.75, 3.05) is 0 Å². The van der Waals surface area contributed by atoms with Gasteiger partial charge in [-0.05, 0) is 42.0 Å². The minimum absolute atomic E-state index is 0.106. The molecule has 0 radical (unpaired) electrons. The van der Waals surface area contributed by atoms with Gasteiger partial charge in [0.05, 0.1) is 16.5 Å². The van der Waals surface area contributed by atoms with Gasteiger partial charge < -0.3 is 14.6 Å². The van der Waals surface area contributed by atoms with Crippen LogP contribution in [0, 0.1) is 0 Å². The summed E-state index contributed by atoms with van der Waals surface area (Å²) in [6.07, 6.45) is -0.187. The van der Waals surface area contributed by atoms with Gasteiger partial charge in [0.15, 0.2) is 6.10 Å². The summed E-state index contributed by atoms with van der Waals surface area (Å²) < 4.78 is 10.6. The molecule has 0 saturated carbocycles. The van der Waals surface area contributed by atoms with Crippen LogP contribution < -0.4 is 4.74 Å². The van der Waals surface area contributed by atoms with Crippen molar-refractivity contribution in [3.05, 3.63) is 71.3 Å². The molecule has 0 saturated heterocycles. The summed E-state index contributed by atoms with van der Waals surface area (Å²) in [7, 11) is 0. The summed E-state index contributed by atoms with van der Waals surface area (Å²) in [5.74, 6) is -1.68. The number of Topliss-reactive ketones (excluding diaryl/α,β-unsaturated/α-hetero) is 1. The highest BCUT2D eigenvalue weighted by atomic mass is 16.5. The smallest absolute Gasteiger partial charge is 0.338 e. The first-order chi connectivity index (χ1) is 14.0. The van der Waals surface area contributed by atoms with Crippen LogP contribution in [0.2, 0.25) is 0 Å². The van der Waals surface area contributed by atoms with Crippen LogP contribution in [0.1, 0.15) is 39.6 Å². The molecule has 0 spiro atoms. The Balaban J connectivity index is 1.72. The Bertz CT molecular complexity index is 1130. The first kappa shape index (κ1) is 18.7. The number of hydrogen-bond acceptors (Lipinski definition) is 6. The lowest BCUT2D eigenvalue weighted by atomic mass is 9.85. The second kappa shape index (κ2) is 7.39. The summed E-state index contributed by atoms with van der Waals surface area (Å²) >= 11 is 0. The molecule has 1 atom stereocenters. The van der Waals surface area contributed by atoms with E-state index in [2.05, 4.69) is 0 Å². The van der Waals surface area contributed by atoms with Crippen LogP contribution in [-0.4, -0.2) is 28.9 Å². The van der Waals surface area contributed by atoms with E-state index in [-0.39, 0.29) is 22.4 Å². The average Bonchev–Trinajstić information content (AvgIpc) is 2.70. The predicted molar refractivity (Wildman–Crippen MR) is 105 cm³/mol. The number of phenolic OH excluding ortho intramolecular Hbond substituents is 1. The number of carbonyl (C=O) groups excluding carboxylic acids is 3. The number of aryl methyl sites for hydroxylation is 1. The lowest BCUT2D eigenvalue weighted by Crippen LogP contribution is -2.32. The van der Waals surface area contributed by atoms with Crippen molar-refractivity contribution in [2.24, 2.45) is 0 Å². The molecule has 1 aliphatic carbocycles. The van der Waals surface area contributed by atoms with Crippen molar-refractivity contribution in [3.63, 3.8) is 0 Å². The fourth-order valence-electron chi connectivity index (χ4n) is 3.63. The van der Waals surface area contributed by atoms with Gasteiger partial charge in [-0.15, -0.1) is 0 Å². The minimum Gasteiger partial charge on any atom is -0.506 e. The third-order valence-electron chi connectivity index (χ3n) is 4.91. The molecule has 0 unspecified atom stereocenters. The van der Waals surface area contributed by atoms with Crippen molar-refractivity contribution >= 4 is 28.5 Å². The Labute approximate surface area is 166 Å². The third kappa shape index (κ3) is 3.45. The van der Waals surface area contributed by atoms with Crippen LogP contribution >= 0.6 is 0 Å². The van der Waals surface area contributed by atoms with Crippen LogP contribution in [0.25, 0.3) is 10.8 Å². The summed E-state index contributed by atoms with van der Waals surface area (Å²) in [4.78, 5) is 36.8. The second-order valence-corrected chi connectivity index (χ2v) is 6.87. The molecule has 6 nitrogen and oxygen atoms in total. The standard InChI is InChI=1S/C23H18O6/c1-13(24)28-17-9-5-8-15-12-16-10-11-18(21(25)20(16)22(26)19(15)17)29-23(27)14-6-3-2-4-7-14/h2-9,12,18,26H,10-11H2,1H3/t18-/m0/s1. The maximum absolute atomic E-state index is 13.0. The van der Waals surface area contributed by atoms with E-state index in [4.69, 9.17) is 9.47 Å². The first-order valence-electron chi connectivity index (χ1n) is 9.22. The number of rotatable bonds is 3. The normalized spacial score (nSPS) is 15.6. The average molecular weight is 390 g/mol. The van der Waals surface area contributed by atoms with Crippen molar-refractivity contribution < 1.29 is 29.0 Å². The van der Waals surface area contributed by atoms with Crippen LogP contribution in [0.5, 0.6) is 11.5 Å². The number of ether oxygens (including phenoxy) is 2. The van der Waals surface area contributed by atoms with E-state index < -0.39 is 23.8 Å². The zero-order valence-corrected chi connectivity index (χ0v) is 15.7. The Morgan fingerprint density at radius 1 is 1.07 bits per heavy atom. The molecule has 0 heterocycles. The van der Waals surface area contributed by atoms with Gasteiger partial charge in [0.2, 0.25) is 5.78 Å². The van der Waals surface area contributed by atoms with Gasteiger partial charge in [-0.2, -0.15) is 0 Å². The molecule has 146 valence electrons. The summed E-state index contributed by atoms with van der Waals surface area (Å²) in [6, 6.07) is 15.3. The molecular formula is C23H18O6. The molecule has 1 N–H and O–H groups in total. The molecule has 6 heteroatoms. The fraction of sp³-hybridized carbons (Fsp3) is 0.174. The van der Waals surface area contributed by atoms with Gasteiger partial charge in [-0.25, -0.2) is 4.79 Å². The highest BCUT2D eigenvalue weighted by molar-refractivity contribution is 6.11. The fourth-order valence-corrected chi connectivity index (χ4v) is 3.63. The van der Waals surface area contributed by atoms with Crippen LogP contribution in [0.15, 0.2) is 54.6 Å². The van der Waals surface area contributed by atoms with Crippen LogP contribution in [0.3, 0.4) is 0 Å². The molecule has 29 heavy (non-hydrogen) atoms. The molecule has 4 rings (SSSR count). The molecule has 0 amide bonds. The van der Waals surface area contributed by atoms with E-state index >= 15 is 0 Å². The Hall–Kier alpha value is -3.67. The van der Waals surface area contributed by atoms with Gasteiger partial charge in [0, 0.05) is 6.92 Å². The number of esters is 2. The van der Waals surface area contributed by atoms with E-state index in [9.17, 15) is 19.5 Å². The molecule has 0 aromatic heterocycles. The van der Waals surface area contributed by atoms with Gasteiger partial charge in [0.1, 0.15) is 11.5 Å². The molecule has 3 aromatic rings. The topological polar surface area (TPSA) is 89.9 Å². The maximum Gasteiger partial charge on any atom is 0.338 e. The SMILES string of the molecule is CC(=O)Oc1cccc2cc3c(c(O)c12)C(=O)[C@@H](OC(=O)c1ccccc1)CC3. The number of phenols is 1. The predicted octanol–water partition coefficient (Wildman–Crippen LogP) is 3.83. The Morgan fingerprint density at radius 2 is 1.83 bits per heavy atom. The van der Waals surface area contributed by atoms with E-state index in [1.54, 1.807) is 54.6 Å². The van der Waals surface area contributed by atoms with Crippen molar-refractivity contribution in [1.29, 1.82) is 0 Å². The second-order valence-electron chi connectivity index (χ2n) is 6.87. The van der Waals surface area contributed by atoms with Gasteiger partial charge in [-0.1, -0.05) is 36.4 Å². The van der Waals surface area contributed by atoms with Crippen LogP contribution in [0.4, 0.5) is 0 Å². The molecule has 0 aliphatic heterocycles. The zero-order valence-electron chi connectivity index (χ0n) is 15.7. The summed E-state index contributed by atoms with van der Waals surface area (Å²) in [5.41, 5.74) is 1.13. The van der Waals surface area contributed by atoms with Crippen molar-refractivity contribution in [2.45, 2.75) is 25.9 Å². The Morgan fingerprint density at radius 3 is 2.55 bits per heavy atom. The third-order valence-corrected chi connectivity index (χ3v) is 4.91. The molecule has 0 bridgehead atoms. The van der Waals surface area contributed by atoms with Gasteiger partial charge in [0.25, 0.3) is 0 Å². The quantitative estimate of drug-likeness (QED) is 0.540. The van der Waals surface area contributed by atoms with Crippen LogP contribution in [-0.2, 0) is 16.0 Å². The van der Waals surface area contributed by atoms with Crippen molar-refractivity contribution in [3.8, 4) is 11.5 Å². The number of ketones is 1. The summed E-state index contributed by atoms with van der Waals surface area (Å²) in [5, 5.41) is 11.8. The first-order valence-corrected chi connectivity index (χ1v) is 9.22. The molecule has 0 fully saturated rings. The number of carbonyl (C=O) groups is 3. The Kier molecular flexibility index (Phi) is 4.76. The number of hydrogen-bond donors (Lipinski definition) is 1. The van der Waals surface area contributed by atoms with E-state index in [1.807, 2.05) is 0 Å². The van der Waals surface area contributed by atoms with Crippen molar-refractivity contribution in [1.82, 2.24) is 0 Å². The molecule has 3 aromatic carbocycles. The molecular weight excluding hydrogens is 372 g/mol. The maximum atomic E-state index is 13.0. The number of aromatic hydroxyl groups is 1. The van der Waals surface area contributed by atoms with E-state index in [0.29, 0.717) is 29.4 Å². The number of benzene rings is 3. The number of fused-ring (bicyclic) bond motifs is 2. The van der Waals surface area contributed by atoms with Gasteiger partial charge >= 0.3 is 11.9 Å². The monoisotopic (exact) mass is 390 g/mol. The highest BCUT2D eigenvalue weighted by Gasteiger charge is 2.34. The van der Waals surface area contributed by atoms with E-state index in [1.165, 1.54) is 6.92 Å². The highest BCUT2D eigenvalue weighted by Crippen LogP contribution is 2.41. The lowest BCUT2D eigenvalue weighted by molar-refractivity contribution is -0.131. The van der Waals surface area contributed by atoms with E-state index in [0.717, 1.165) is 0 Å². The molecule has 1 aliphatic rings. The summed E-state index contributed by atoms with van der Waals surface area (Å²) in [6.45, 7) is 1.26.